The van der Waals surface area contributed by atoms with Gasteiger partial charge in [-0.15, -0.1) is 0 Å². The van der Waals surface area contributed by atoms with Crippen LogP contribution in [0.2, 0.25) is 0 Å². The second-order valence-electron chi connectivity index (χ2n) is 7.39. The van der Waals surface area contributed by atoms with Crippen molar-refractivity contribution in [3.05, 3.63) is 59.2 Å². The molecule has 1 saturated heterocycles. The zero-order chi connectivity index (χ0) is 21.7. The van der Waals surface area contributed by atoms with Crippen molar-refractivity contribution in [1.29, 1.82) is 0 Å². The van der Waals surface area contributed by atoms with E-state index in [2.05, 4.69) is 10.3 Å². The van der Waals surface area contributed by atoms with Crippen molar-refractivity contribution in [1.82, 2.24) is 4.90 Å². The van der Waals surface area contributed by atoms with Crippen LogP contribution < -0.4 is 5.32 Å². The fourth-order valence-electron chi connectivity index (χ4n) is 3.08. The maximum Gasteiger partial charge on any atom is 0.242 e. The molecule has 3 rings (SSSR count). The zero-order valence-corrected chi connectivity index (χ0v) is 18.6. The summed E-state index contributed by atoms with van der Waals surface area (Å²) in [5.74, 6) is -0.295. The first-order valence-electron chi connectivity index (χ1n) is 9.87. The number of nitrogens with zero attached hydrogens (tertiary/aromatic N) is 2. The van der Waals surface area contributed by atoms with Gasteiger partial charge in [-0.3, -0.25) is 14.5 Å². The number of methoxy groups -OCH3 is 1. The van der Waals surface area contributed by atoms with Gasteiger partial charge in [0.2, 0.25) is 11.8 Å². The quantitative estimate of drug-likeness (QED) is 0.721. The van der Waals surface area contributed by atoms with E-state index in [0.29, 0.717) is 18.3 Å². The fourth-order valence-corrected chi connectivity index (χ4v) is 4.27. The van der Waals surface area contributed by atoms with E-state index in [0.717, 1.165) is 28.1 Å². The number of thioether (sulfide) groups is 1. The number of anilines is 1. The zero-order valence-electron chi connectivity index (χ0n) is 17.8. The molecule has 0 spiro atoms. The molecule has 1 aliphatic rings. The lowest BCUT2D eigenvalue weighted by atomic mass is 10.1. The minimum absolute atomic E-state index is 0.0906. The van der Waals surface area contributed by atoms with Gasteiger partial charge in [-0.2, -0.15) is 0 Å². The average molecular weight is 426 g/mol. The molecule has 0 bridgehead atoms. The van der Waals surface area contributed by atoms with Crippen molar-refractivity contribution in [2.24, 2.45) is 4.99 Å². The van der Waals surface area contributed by atoms with Crippen LogP contribution in [0.5, 0.6) is 0 Å². The smallest absolute Gasteiger partial charge is 0.242 e. The standard InChI is InChI=1S/C23H27N3O3S/c1-15-6-9-18(10-7-15)24-23-26(11-12-29-4)22(28)20(30-23)14-21(27)25-19-13-16(2)5-8-17(19)3/h5-10,13,20H,11-12,14H2,1-4H3,(H,25,27)/t20-/m1/s1. The second kappa shape index (κ2) is 9.91. The predicted molar refractivity (Wildman–Crippen MR) is 122 cm³/mol. The Morgan fingerprint density at radius 2 is 1.83 bits per heavy atom. The highest BCUT2D eigenvalue weighted by Crippen LogP contribution is 2.32. The molecule has 6 nitrogen and oxygen atoms in total. The molecule has 30 heavy (non-hydrogen) atoms. The predicted octanol–water partition coefficient (Wildman–Crippen LogP) is 4.22. The van der Waals surface area contributed by atoms with E-state index in [1.54, 1.807) is 12.0 Å². The number of ether oxygens (including phenoxy) is 1. The number of aliphatic imine (C=N–C) groups is 1. The number of amides is 2. The van der Waals surface area contributed by atoms with Crippen molar-refractivity contribution in [3.8, 4) is 0 Å². The van der Waals surface area contributed by atoms with Crippen molar-refractivity contribution >= 4 is 40.1 Å². The monoisotopic (exact) mass is 425 g/mol. The Morgan fingerprint density at radius 1 is 1.13 bits per heavy atom. The van der Waals surface area contributed by atoms with E-state index in [1.165, 1.54) is 11.8 Å². The number of nitrogens with one attached hydrogen (secondary N) is 1. The molecule has 0 saturated carbocycles. The first kappa shape index (κ1) is 22.1. The van der Waals surface area contributed by atoms with Crippen molar-refractivity contribution in [2.45, 2.75) is 32.4 Å². The van der Waals surface area contributed by atoms with Crippen molar-refractivity contribution in [3.63, 3.8) is 0 Å². The van der Waals surface area contributed by atoms with Gasteiger partial charge >= 0.3 is 0 Å². The number of amidine groups is 1. The van der Waals surface area contributed by atoms with Crippen LogP contribution in [0.4, 0.5) is 11.4 Å². The Kier molecular flexibility index (Phi) is 7.29. The summed E-state index contributed by atoms with van der Waals surface area (Å²) in [6.07, 6.45) is 0.0906. The Labute approximate surface area is 181 Å². The largest absolute Gasteiger partial charge is 0.383 e. The van der Waals surface area contributed by atoms with E-state index in [4.69, 9.17) is 4.74 Å². The molecular formula is C23H27N3O3S. The summed E-state index contributed by atoms with van der Waals surface area (Å²) in [6.45, 7) is 6.75. The topological polar surface area (TPSA) is 71.0 Å². The van der Waals surface area contributed by atoms with Gasteiger partial charge in [0.15, 0.2) is 5.17 Å². The molecule has 1 fully saturated rings. The third-order valence-electron chi connectivity index (χ3n) is 4.84. The van der Waals surface area contributed by atoms with Gasteiger partial charge in [0.1, 0.15) is 5.25 Å². The molecular weight excluding hydrogens is 398 g/mol. The summed E-state index contributed by atoms with van der Waals surface area (Å²) in [4.78, 5) is 31.9. The molecule has 7 heteroatoms. The highest BCUT2D eigenvalue weighted by molar-refractivity contribution is 8.15. The first-order chi connectivity index (χ1) is 14.4. The summed E-state index contributed by atoms with van der Waals surface area (Å²) >= 11 is 1.33. The SMILES string of the molecule is COCCN1C(=O)[C@@H](CC(=O)Nc2cc(C)ccc2C)SC1=Nc1ccc(C)cc1. The Balaban J connectivity index is 1.74. The molecule has 1 heterocycles. The number of hydrogen-bond acceptors (Lipinski definition) is 5. The maximum atomic E-state index is 13.0. The summed E-state index contributed by atoms with van der Waals surface area (Å²) in [5, 5.41) is 3.04. The number of benzene rings is 2. The number of carbonyl (C=O) groups excluding carboxylic acids is 2. The number of aryl methyl sites for hydroxylation is 3. The van der Waals surface area contributed by atoms with Crippen LogP contribution >= 0.6 is 11.8 Å². The third kappa shape index (κ3) is 5.49. The molecule has 1 N–H and O–H groups in total. The van der Waals surface area contributed by atoms with Crippen molar-refractivity contribution < 1.29 is 14.3 Å². The number of hydrogen-bond donors (Lipinski definition) is 1. The molecule has 2 amide bonds. The summed E-state index contributed by atoms with van der Waals surface area (Å²) < 4.78 is 5.15. The minimum atomic E-state index is -0.504. The lowest BCUT2D eigenvalue weighted by Gasteiger charge is -2.16. The minimum Gasteiger partial charge on any atom is -0.383 e. The van der Waals surface area contributed by atoms with Crippen LogP contribution in [0, 0.1) is 20.8 Å². The van der Waals surface area contributed by atoms with Gasteiger partial charge in [-0.05, 0) is 50.1 Å². The maximum absolute atomic E-state index is 13.0. The van der Waals surface area contributed by atoms with Gasteiger partial charge in [0.05, 0.1) is 18.8 Å². The van der Waals surface area contributed by atoms with E-state index in [9.17, 15) is 9.59 Å². The molecule has 1 atom stereocenters. The number of rotatable bonds is 7. The Hall–Kier alpha value is -2.64. The molecule has 1 aliphatic heterocycles. The summed E-state index contributed by atoms with van der Waals surface area (Å²) in [6, 6.07) is 13.7. The van der Waals surface area contributed by atoms with E-state index >= 15 is 0 Å². The molecule has 158 valence electrons. The Morgan fingerprint density at radius 3 is 2.53 bits per heavy atom. The van der Waals surface area contributed by atoms with Crippen LogP contribution in [0.25, 0.3) is 0 Å². The lowest BCUT2D eigenvalue weighted by Crippen LogP contribution is -2.35. The van der Waals surface area contributed by atoms with Gasteiger partial charge < -0.3 is 10.1 Å². The fraction of sp³-hybridized carbons (Fsp3) is 0.348. The van der Waals surface area contributed by atoms with Crippen LogP contribution in [-0.2, 0) is 14.3 Å². The van der Waals surface area contributed by atoms with Crippen LogP contribution in [0.3, 0.4) is 0 Å². The highest BCUT2D eigenvalue weighted by atomic mass is 32.2. The normalized spacial score (nSPS) is 17.6. The molecule has 2 aromatic carbocycles. The number of carbonyl (C=O) groups is 2. The van der Waals surface area contributed by atoms with Gasteiger partial charge in [0.25, 0.3) is 0 Å². The van der Waals surface area contributed by atoms with E-state index < -0.39 is 5.25 Å². The summed E-state index contributed by atoms with van der Waals surface area (Å²) in [7, 11) is 1.60. The van der Waals surface area contributed by atoms with Crippen LogP contribution in [0.15, 0.2) is 47.5 Å². The molecule has 0 aliphatic carbocycles. The Bertz CT molecular complexity index is 957. The molecule has 0 aromatic heterocycles. The van der Waals surface area contributed by atoms with Crippen LogP contribution in [0.1, 0.15) is 23.1 Å². The van der Waals surface area contributed by atoms with Gasteiger partial charge in [-0.25, -0.2) is 4.99 Å². The van der Waals surface area contributed by atoms with Gasteiger partial charge in [0, 0.05) is 19.2 Å². The van der Waals surface area contributed by atoms with E-state index in [-0.39, 0.29) is 18.2 Å². The average Bonchev–Trinajstić information content (AvgIpc) is 2.99. The lowest BCUT2D eigenvalue weighted by molar-refractivity contribution is -0.128. The molecule has 0 unspecified atom stereocenters. The molecule has 2 aromatic rings. The first-order valence-corrected chi connectivity index (χ1v) is 10.7. The van der Waals surface area contributed by atoms with Crippen LogP contribution in [-0.4, -0.2) is 47.4 Å². The van der Waals surface area contributed by atoms with Gasteiger partial charge in [-0.1, -0.05) is 41.6 Å². The molecule has 0 radical (unpaired) electrons. The summed E-state index contributed by atoms with van der Waals surface area (Å²) in [5.41, 5.74) is 4.76. The van der Waals surface area contributed by atoms with Crippen molar-refractivity contribution in [2.75, 3.05) is 25.6 Å². The highest BCUT2D eigenvalue weighted by Gasteiger charge is 2.39. The van der Waals surface area contributed by atoms with E-state index in [1.807, 2.05) is 63.2 Å². The second-order valence-corrected chi connectivity index (χ2v) is 8.56. The third-order valence-corrected chi connectivity index (χ3v) is 6.01.